The highest BCUT2D eigenvalue weighted by atomic mass is 15.1. The molecule has 0 bridgehead atoms. The van der Waals surface area contributed by atoms with Crippen molar-refractivity contribution in [2.45, 2.75) is 72.3 Å². The minimum Gasteiger partial charge on any atom is -0.300 e. The van der Waals surface area contributed by atoms with E-state index in [4.69, 9.17) is 0 Å². The summed E-state index contributed by atoms with van der Waals surface area (Å²) in [5, 5.41) is 0. The van der Waals surface area contributed by atoms with Gasteiger partial charge in [0, 0.05) is 12.6 Å². The molecule has 1 saturated carbocycles. The molecule has 1 aliphatic carbocycles. The largest absolute Gasteiger partial charge is 0.300 e. The van der Waals surface area contributed by atoms with Crippen molar-refractivity contribution in [2.75, 3.05) is 13.1 Å². The lowest BCUT2D eigenvalue weighted by atomic mass is 9.76. The molecule has 1 atom stereocenters. The zero-order valence-electron chi connectivity index (χ0n) is 15.5. The van der Waals surface area contributed by atoms with Crippen molar-refractivity contribution in [3.05, 3.63) is 35.4 Å². The van der Waals surface area contributed by atoms with Gasteiger partial charge in [-0.25, -0.2) is 0 Å². The Hall–Kier alpha value is -0.820. The van der Waals surface area contributed by atoms with E-state index in [1.807, 2.05) is 0 Å². The zero-order chi connectivity index (χ0) is 16.3. The first-order valence-electron chi connectivity index (χ1n) is 9.13. The van der Waals surface area contributed by atoms with E-state index in [0.717, 1.165) is 11.8 Å². The second-order valence-corrected chi connectivity index (χ2v) is 8.53. The molecular weight excluding hydrogens is 266 g/mol. The first-order chi connectivity index (χ1) is 10.3. The highest BCUT2D eigenvalue weighted by Crippen LogP contribution is 2.34. The average molecular weight is 302 g/mol. The maximum absolute atomic E-state index is 2.67. The third kappa shape index (κ3) is 4.59. The van der Waals surface area contributed by atoms with Crippen LogP contribution in [0.15, 0.2) is 24.3 Å². The molecule has 1 aromatic carbocycles. The smallest absolute Gasteiger partial charge is 0.0107 e. The zero-order valence-corrected chi connectivity index (χ0v) is 15.5. The van der Waals surface area contributed by atoms with Gasteiger partial charge < -0.3 is 4.90 Å². The van der Waals surface area contributed by atoms with E-state index >= 15 is 0 Å². The van der Waals surface area contributed by atoms with Gasteiger partial charge in [0.25, 0.3) is 0 Å². The molecule has 1 nitrogen and oxygen atoms in total. The number of nitrogens with zero attached hydrogens (tertiary/aromatic N) is 1. The summed E-state index contributed by atoms with van der Waals surface area (Å²) in [4.78, 5) is 2.67. The Bertz CT molecular complexity index is 448. The minimum atomic E-state index is 0.251. The van der Waals surface area contributed by atoms with Crippen LogP contribution < -0.4 is 0 Å². The number of likely N-dealkylation sites (N-methyl/N-ethyl adjacent to an activating group) is 1. The van der Waals surface area contributed by atoms with Crippen LogP contribution in [-0.2, 0) is 11.8 Å². The molecule has 124 valence electrons. The Morgan fingerprint density at radius 1 is 1.14 bits per heavy atom. The van der Waals surface area contributed by atoms with Crippen LogP contribution in [0.25, 0.3) is 0 Å². The Morgan fingerprint density at radius 2 is 1.73 bits per heavy atom. The maximum Gasteiger partial charge on any atom is 0.0107 e. The van der Waals surface area contributed by atoms with Gasteiger partial charge in [0.15, 0.2) is 0 Å². The summed E-state index contributed by atoms with van der Waals surface area (Å²) in [6.45, 7) is 16.4. The summed E-state index contributed by atoms with van der Waals surface area (Å²) in [7, 11) is 0. The lowest BCUT2D eigenvalue weighted by Crippen LogP contribution is -2.41. The summed E-state index contributed by atoms with van der Waals surface area (Å²) < 4.78 is 0. The quantitative estimate of drug-likeness (QED) is 0.690. The van der Waals surface area contributed by atoms with E-state index in [1.165, 1.54) is 43.5 Å². The molecule has 0 N–H and O–H groups in total. The molecule has 0 saturated heterocycles. The van der Waals surface area contributed by atoms with Crippen LogP contribution in [0, 0.1) is 11.8 Å². The molecule has 2 rings (SSSR count). The van der Waals surface area contributed by atoms with Crippen LogP contribution in [-0.4, -0.2) is 24.0 Å². The molecule has 0 aromatic heterocycles. The average Bonchev–Trinajstić information content (AvgIpc) is 2.41. The summed E-state index contributed by atoms with van der Waals surface area (Å²) in [5.74, 6) is 1.91. The van der Waals surface area contributed by atoms with E-state index in [0.29, 0.717) is 6.04 Å². The van der Waals surface area contributed by atoms with Gasteiger partial charge in [0.2, 0.25) is 0 Å². The Balaban J connectivity index is 1.90. The van der Waals surface area contributed by atoms with Crippen LogP contribution in [0.4, 0.5) is 0 Å². The molecule has 0 spiro atoms. The predicted octanol–water partition coefficient (Wildman–Crippen LogP) is 5.28. The van der Waals surface area contributed by atoms with Gasteiger partial charge in [0.1, 0.15) is 0 Å². The third-order valence-electron chi connectivity index (χ3n) is 5.34. The number of rotatable bonds is 6. The maximum atomic E-state index is 2.67. The van der Waals surface area contributed by atoms with Crippen LogP contribution in [0.3, 0.4) is 0 Å². The normalized spacial score (nSPS) is 23.4. The summed E-state index contributed by atoms with van der Waals surface area (Å²) in [5.41, 5.74) is 3.15. The Kier molecular flexibility index (Phi) is 5.71. The van der Waals surface area contributed by atoms with Crippen LogP contribution in [0.5, 0.6) is 0 Å². The van der Waals surface area contributed by atoms with Crippen molar-refractivity contribution in [3.63, 3.8) is 0 Å². The van der Waals surface area contributed by atoms with Gasteiger partial charge in [0.05, 0.1) is 0 Å². The molecule has 1 unspecified atom stereocenters. The predicted molar refractivity (Wildman–Crippen MR) is 97.4 cm³/mol. The highest BCUT2D eigenvalue weighted by molar-refractivity contribution is 5.27. The van der Waals surface area contributed by atoms with Crippen molar-refractivity contribution < 1.29 is 0 Å². The fourth-order valence-corrected chi connectivity index (χ4v) is 3.78. The van der Waals surface area contributed by atoms with E-state index in [2.05, 4.69) is 70.7 Å². The van der Waals surface area contributed by atoms with Crippen molar-refractivity contribution in [1.29, 1.82) is 0 Å². The van der Waals surface area contributed by atoms with Crippen LogP contribution in [0.1, 0.15) is 65.5 Å². The monoisotopic (exact) mass is 301 g/mol. The van der Waals surface area contributed by atoms with Gasteiger partial charge >= 0.3 is 0 Å². The molecule has 0 aliphatic heterocycles. The topological polar surface area (TPSA) is 3.24 Å². The van der Waals surface area contributed by atoms with Crippen molar-refractivity contribution in [2.24, 2.45) is 11.8 Å². The van der Waals surface area contributed by atoms with E-state index in [-0.39, 0.29) is 5.41 Å². The third-order valence-corrected chi connectivity index (χ3v) is 5.34. The summed E-state index contributed by atoms with van der Waals surface area (Å²) >= 11 is 0. The first kappa shape index (κ1) is 17.5. The lowest BCUT2D eigenvalue weighted by Gasteiger charge is -2.39. The molecule has 1 aliphatic rings. The van der Waals surface area contributed by atoms with Gasteiger partial charge in [-0.1, -0.05) is 58.9 Å². The van der Waals surface area contributed by atoms with Crippen LogP contribution >= 0.6 is 0 Å². The van der Waals surface area contributed by atoms with E-state index in [1.54, 1.807) is 0 Å². The van der Waals surface area contributed by atoms with E-state index in [9.17, 15) is 0 Å². The Morgan fingerprint density at radius 3 is 2.18 bits per heavy atom. The first-order valence-corrected chi connectivity index (χ1v) is 9.13. The van der Waals surface area contributed by atoms with Gasteiger partial charge in [-0.3, -0.25) is 0 Å². The van der Waals surface area contributed by atoms with E-state index < -0.39 is 0 Å². The number of benzene rings is 1. The molecule has 0 radical (unpaired) electrons. The molecule has 1 heteroatoms. The van der Waals surface area contributed by atoms with Crippen molar-refractivity contribution in [1.82, 2.24) is 4.90 Å². The molecule has 22 heavy (non-hydrogen) atoms. The molecular formula is C21H35N. The number of hydrogen-bond donors (Lipinski definition) is 0. The second-order valence-electron chi connectivity index (χ2n) is 8.53. The number of hydrogen-bond acceptors (Lipinski definition) is 1. The van der Waals surface area contributed by atoms with Crippen LogP contribution in [0.2, 0.25) is 0 Å². The molecule has 1 aromatic rings. The molecule has 0 amide bonds. The minimum absolute atomic E-state index is 0.251. The van der Waals surface area contributed by atoms with Gasteiger partial charge in [-0.05, 0) is 61.1 Å². The van der Waals surface area contributed by atoms with Crippen molar-refractivity contribution in [3.8, 4) is 0 Å². The fourth-order valence-electron chi connectivity index (χ4n) is 3.78. The molecule has 1 fully saturated rings. The Labute approximate surface area is 138 Å². The highest BCUT2D eigenvalue weighted by Gasteiger charge is 2.28. The summed E-state index contributed by atoms with van der Waals surface area (Å²) in [6.07, 6.45) is 4.04. The van der Waals surface area contributed by atoms with Gasteiger partial charge in [-0.15, -0.1) is 0 Å². The molecule has 0 heterocycles. The van der Waals surface area contributed by atoms with Crippen molar-refractivity contribution >= 4 is 0 Å². The van der Waals surface area contributed by atoms with Gasteiger partial charge in [-0.2, -0.15) is 0 Å². The lowest BCUT2D eigenvalue weighted by molar-refractivity contribution is 0.112. The summed E-state index contributed by atoms with van der Waals surface area (Å²) in [6, 6.07) is 9.92. The standard InChI is InChI=1S/C21H35N/c1-7-22(15-19-12-16(2)13-19)17(3)14-18-8-10-20(11-9-18)21(4,5)6/h8-11,16-17,19H,7,12-15H2,1-6H3. The SMILES string of the molecule is CCN(CC1CC(C)C1)C(C)Cc1ccc(C(C)(C)C)cc1. The second kappa shape index (κ2) is 7.17. The fraction of sp³-hybridized carbons (Fsp3) is 0.714.